The lowest BCUT2D eigenvalue weighted by Gasteiger charge is -2.11. The van der Waals surface area contributed by atoms with E-state index in [4.69, 9.17) is 27.9 Å². The number of rotatable bonds is 4. The molecular weight excluding hydrogens is 377 g/mol. The van der Waals surface area contributed by atoms with Gasteiger partial charge >= 0.3 is 0 Å². The van der Waals surface area contributed by atoms with E-state index >= 15 is 0 Å². The van der Waals surface area contributed by atoms with Crippen molar-refractivity contribution in [1.82, 2.24) is 0 Å². The van der Waals surface area contributed by atoms with Gasteiger partial charge in [-0.25, -0.2) is 0 Å². The van der Waals surface area contributed by atoms with E-state index in [1.807, 2.05) is 6.92 Å². The first kappa shape index (κ1) is 16.1. The van der Waals surface area contributed by atoms with Crippen molar-refractivity contribution in [2.24, 2.45) is 0 Å². The van der Waals surface area contributed by atoms with Gasteiger partial charge in [0.2, 0.25) is 0 Å². The average Bonchev–Trinajstić information content (AvgIpc) is 2.41. The predicted molar refractivity (Wildman–Crippen MR) is 89.5 cm³/mol. The quantitative estimate of drug-likeness (QED) is 0.792. The minimum Gasteiger partial charge on any atom is -0.483 e. The third kappa shape index (κ3) is 4.63. The zero-order valence-electron chi connectivity index (χ0n) is 11.1. The molecule has 0 saturated heterocycles. The number of carbonyl (C=O) groups excluding carboxylic acids is 1. The molecule has 0 aliphatic rings. The summed E-state index contributed by atoms with van der Waals surface area (Å²) in [6, 6.07) is 10.4. The Morgan fingerprint density at radius 1 is 1.19 bits per heavy atom. The van der Waals surface area contributed by atoms with Crippen LogP contribution in [0.15, 0.2) is 40.9 Å². The van der Waals surface area contributed by atoms with Gasteiger partial charge in [0.25, 0.3) is 5.91 Å². The summed E-state index contributed by atoms with van der Waals surface area (Å²) in [6.07, 6.45) is 0. The number of hydrogen-bond donors (Lipinski definition) is 1. The molecule has 1 amide bonds. The van der Waals surface area contributed by atoms with Crippen LogP contribution in [-0.2, 0) is 4.79 Å². The van der Waals surface area contributed by atoms with Gasteiger partial charge in [0.05, 0.1) is 4.47 Å². The Labute approximate surface area is 141 Å². The lowest BCUT2D eigenvalue weighted by Crippen LogP contribution is -2.20. The lowest BCUT2D eigenvalue weighted by molar-refractivity contribution is -0.118. The molecule has 0 radical (unpaired) electrons. The number of hydrogen-bond acceptors (Lipinski definition) is 2. The third-order valence-electron chi connectivity index (χ3n) is 2.72. The molecule has 0 aliphatic heterocycles. The zero-order chi connectivity index (χ0) is 15.4. The standard InChI is InChI=1S/C15H12BrCl2NO2/c1-9-6-10(17)2-4-13(9)19-15(20)8-21-14-5-3-11(18)7-12(14)16/h2-7H,8H2,1H3,(H,19,20). The number of aryl methyl sites for hydroxylation is 1. The van der Waals surface area contributed by atoms with E-state index in [1.54, 1.807) is 36.4 Å². The fourth-order valence-corrected chi connectivity index (χ4v) is 2.71. The second-order valence-electron chi connectivity index (χ2n) is 4.37. The molecule has 0 aromatic heterocycles. The summed E-state index contributed by atoms with van der Waals surface area (Å²) < 4.78 is 6.15. The van der Waals surface area contributed by atoms with Crippen LogP contribution >= 0.6 is 39.1 Å². The number of ether oxygens (including phenoxy) is 1. The molecule has 110 valence electrons. The van der Waals surface area contributed by atoms with Crippen molar-refractivity contribution in [3.8, 4) is 5.75 Å². The molecule has 3 nitrogen and oxygen atoms in total. The maximum absolute atomic E-state index is 11.9. The van der Waals surface area contributed by atoms with Gasteiger partial charge in [-0.15, -0.1) is 0 Å². The number of halogens is 3. The number of nitrogens with one attached hydrogen (secondary N) is 1. The van der Waals surface area contributed by atoms with E-state index in [0.29, 0.717) is 26.0 Å². The van der Waals surface area contributed by atoms with E-state index < -0.39 is 0 Å². The Hall–Kier alpha value is -1.23. The maximum Gasteiger partial charge on any atom is 0.262 e. The Morgan fingerprint density at radius 3 is 2.52 bits per heavy atom. The number of anilines is 1. The normalized spacial score (nSPS) is 10.3. The van der Waals surface area contributed by atoms with Crippen molar-refractivity contribution in [2.45, 2.75) is 6.92 Å². The molecule has 2 rings (SSSR count). The highest BCUT2D eigenvalue weighted by molar-refractivity contribution is 9.10. The molecule has 0 bridgehead atoms. The van der Waals surface area contributed by atoms with E-state index in [9.17, 15) is 4.79 Å². The Morgan fingerprint density at radius 2 is 1.86 bits per heavy atom. The Kier molecular flexibility index (Phi) is 5.51. The van der Waals surface area contributed by atoms with Gasteiger partial charge in [-0.1, -0.05) is 23.2 Å². The smallest absolute Gasteiger partial charge is 0.262 e. The fraction of sp³-hybridized carbons (Fsp3) is 0.133. The van der Waals surface area contributed by atoms with Gasteiger partial charge in [0, 0.05) is 15.7 Å². The van der Waals surface area contributed by atoms with Gasteiger partial charge in [-0.05, 0) is 64.8 Å². The highest BCUT2D eigenvalue weighted by Gasteiger charge is 2.08. The summed E-state index contributed by atoms with van der Waals surface area (Å²) in [5.74, 6) is 0.310. The summed E-state index contributed by atoms with van der Waals surface area (Å²) in [7, 11) is 0. The predicted octanol–water partition coefficient (Wildman–Crippen LogP) is 5.08. The monoisotopic (exact) mass is 387 g/mol. The van der Waals surface area contributed by atoms with Gasteiger partial charge in [0.15, 0.2) is 6.61 Å². The van der Waals surface area contributed by atoms with Crippen molar-refractivity contribution in [1.29, 1.82) is 0 Å². The average molecular weight is 389 g/mol. The van der Waals surface area contributed by atoms with Gasteiger partial charge < -0.3 is 10.1 Å². The second-order valence-corrected chi connectivity index (χ2v) is 6.10. The van der Waals surface area contributed by atoms with E-state index in [0.717, 1.165) is 5.56 Å². The number of benzene rings is 2. The molecule has 0 heterocycles. The van der Waals surface area contributed by atoms with Crippen LogP contribution < -0.4 is 10.1 Å². The van der Waals surface area contributed by atoms with Gasteiger partial charge in [0.1, 0.15) is 5.75 Å². The first-order chi connectivity index (χ1) is 9.95. The third-order valence-corrected chi connectivity index (χ3v) is 3.81. The van der Waals surface area contributed by atoms with Crippen molar-refractivity contribution in [3.05, 3.63) is 56.5 Å². The molecule has 0 fully saturated rings. The summed E-state index contributed by atoms with van der Waals surface area (Å²) >= 11 is 15.0. The molecule has 2 aromatic rings. The topological polar surface area (TPSA) is 38.3 Å². The summed E-state index contributed by atoms with van der Waals surface area (Å²) in [4.78, 5) is 11.9. The van der Waals surface area contributed by atoms with Gasteiger partial charge in [-0.2, -0.15) is 0 Å². The van der Waals surface area contributed by atoms with Crippen LogP contribution in [0.2, 0.25) is 10.0 Å². The van der Waals surface area contributed by atoms with Gasteiger partial charge in [-0.3, -0.25) is 4.79 Å². The summed E-state index contributed by atoms with van der Waals surface area (Å²) in [6.45, 7) is 1.78. The molecule has 0 atom stereocenters. The largest absolute Gasteiger partial charge is 0.483 e. The first-order valence-electron chi connectivity index (χ1n) is 6.09. The van der Waals surface area contributed by atoms with Crippen molar-refractivity contribution in [2.75, 3.05) is 11.9 Å². The van der Waals surface area contributed by atoms with Crippen LogP contribution in [-0.4, -0.2) is 12.5 Å². The minimum atomic E-state index is -0.248. The number of carbonyl (C=O) groups is 1. The maximum atomic E-state index is 11.9. The van der Waals surface area contributed by atoms with Crippen LogP contribution in [0, 0.1) is 6.92 Å². The molecule has 1 N–H and O–H groups in total. The molecule has 21 heavy (non-hydrogen) atoms. The summed E-state index contributed by atoms with van der Waals surface area (Å²) in [5, 5.41) is 4.00. The van der Waals surface area contributed by atoms with Crippen molar-refractivity contribution in [3.63, 3.8) is 0 Å². The fourth-order valence-electron chi connectivity index (χ4n) is 1.69. The SMILES string of the molecule is Cc1cc(Cl)ccc1NC(=O)COc1ccc(Cl)cc1Br. The Bertz CT molecular complexity index is 677. The molecule has 6 heteroatoms. The minimum absolute atomic E-state index is 0.0949. The van der Waals surface area contributed by atoms with Crippen molar-refractivity contribution < 1.29 is 9.53 Å². The molecule has 2 aromatic carbocycles. The van der Waals surface area contributed by atoms with Crippen LogP contribution in [0.25, 0.3) is 0 Å². The van der Waals surface area contributed by atoms with Crippen LogP contribution in [0.1, 0.15) is 5.56 Å². The second kappa shape index (κ2) is 7.16. The lowest BCUT2D eigenvalue weighted by atomic mass is 10.2. The number of amides is 1. The highest BCUT2D eigenvalue weighted by atomic mass is 79.9. The van der Waals surface area contributed by atoms with Crippen LogP contribution in [0.3, 0.4) is 0 Å². The molecule has 0 saturated carbocycles. The highest BCUT2D eigenvalue weighted by Crippen LogP contribution is 2.28. The first-order valence-corrected chi connectivity index (χ1v) is 7.64. The van der Waals surface area contributed by atoms with E-state index in [-0.39, 0.29) is 12.5 Å². The molecular formula is C15H12BrCl2NO2. The molecule has 0 aliphatic carbocycles. The zero-order valence-corrected chi connectivity index (χ0v) is 14.2. The summed E-state index contributed by atoms with van der Waals surface area (Å²) in [5.41, 5.74) is 1.60. The Balaban J connectivity index is 1.96. The molecule has 0 spiro atoms. The van der Waals surface area contributed by atoms with Crippen LogP contribution in [0.5, 0.6) is 5.75 Å². The van der Waals surface area contributed by atoms with E-state index in [2.05, 4.69) is 21.2 Å². The van der Waals surface area contributed by atoms with E-state index in [1.165, 1.54) is 0 Å². The van der Waals surface area contributed by atoms with Crippen LogP contribution in [0.4, 0.5) is 5.69 Å². The molecule has 0 unspecified atom stereocenters. The van der Waals surface area contributed by atoms with Crippen molar-refractivity contribution >= 4 is 50.7 Å².